The van der Waals surface area contributed by atoms with E-state index < -0.39 is 6.10 Å². The van der Waals surface area contributed by atoms with Gasteiger partial charge >= 0.3 is 0 Å². The number of methoxy groups -OCH3 is 1. The highest BCUT2D eigenvalue weighted by Gasteiger charge is 2.16. The van der Waals surface area contributed by atoms with Crippen molar-refractivity contribution in [2.45, 2.75) is 13.0 Å². The summed E-state index contributed by atoms with van der Waals surface area (Å²) in [6, 6.07) is 18.7. The third-order valence-electron chi connectivity index (χ3n) is 3.84. The van der Waals surface area contributed by atoms with Crippen LogP contribution in [0.1, 0.15) is 6.92 Å². The minimum Gasteiger partial charge on any atom is -0.495 e. The molecule has 0 saturated heterocycles. The average molecular weight is 356 g/mol. The number of hydrogen-bond donors (Lipinski definition) is 1. The van der Waals surface area contributed by atoms with Gasteiger partial charge in [0.2, 0.25) is 0 Å². The zero-order valence-electron chi connectivity index (χ0n) is 14.0. The number of anilines is 1. The molecule has 0 fully saturated rings. The van der Waals surface area contributed by atoms with Crippen LogP contribution in [0.25, 0.3) is 10.8 Å². The van der Waals surface area contributed by atoms with Crippen LogP contribution in [-0.4, -0.2) is 19.1 Å². The van der Waals surface area contributed by atoms with E-state index in [1.54, 1.807) is 32.2 Å². The number of amides is 1. The lowest BCUT2D eigenvalue weighted by Crippen LogP contribution is -2.30. The number of carbonyl (C=O) groups is 1. The third kappa shape index (κ3) is 3.86. The van der Waals surface area contributed by atoms with Crippen molar-refractivity contribution in [1.82, 2.24) is 0 Å². The van der Waals surface area contributed by atoms with E-state index in [0.717, 1.165) is 10.8 Å². The van der Waals surface area contributed by atoms with Gasteiger partial charge in [0, 0.05) is 11.1 Å². The molecule has 0 saturated carbocycles. The zero-order valence-corrected chi connectivity index (χ0v) is 14.7. The van der Waals surface area contributed by atoms with Crippen molar-refractivity contribution < 1.29 is 14.3 Å². The van der Waals surface area contributed by atoms with Crippen LogP contribution in [0, 0.1) is 0 Å². The molecule has 0 bridgehead atoms. The van der Waals surface area contributed by atoms with Gasteiger partial charge in [-0.1, -0.05) is 48.0 Å². The molecule has 3 aromatic rings. The van der Waals surface area contributed by atoms with Gasteiger partial charge in [0.1, 0.15) is 11.5 Å². The predicted molar refractivity (Wildman–Crippen MR) is 101 cm³/mol. The number of carbonyl (C=O) groups excluding carboxylic acids is 1. The van der Waals surface area contributed by atoms with Crippen LogP contribution in [0.5, 0.6) is 11.5 Å². The Bertz CT molecular complexity index is 905. The van der Waals surface area contributed by atoms with E-state index in [1.807, 2.05) is 42.5 Å². The van der Waals surface area contributed by atoms with Crippen molar-refractivity contribution in [3.05, 3.63) is 65.7 Å². The summed E-state index contributed by atoms with van der Waals surface area (Å²) in [5.74, 6) is 0.974. The number of benzene rings is 3. The number of hydrogen-bond acceptors (Lipinski definition) is 3. The summed E-state index contributed by atoms with van der Waals surface area (Å²) in [5, 5.41) is 5.27. The fourth-order valence-electron chi connectivity index (χ4n) is 2.53. The molecule has 0 heterocycles. The Morgan fingerprint density at radius 3 is 2.56 bits per heavy atom. The quantitative estimate of drug-likeness (QED) is 0.707. The molecule has 128 valence electrons. The molecule has 1 N–H and O–H groups in total. The Labute approximate surface area is 151 Å². The fourth-order valence-corrected chi connectivity index (χ4v) is 2.79. The van der Waals surface area contributed by atoms with E-state index in [4.69, 9.17) is 21.1 Å². The number of nitrogens with one attached hydrogen (secondary N) is 1. The van der Waals surface area contributed by atoms with E-state index in [-0.39, 0.29) is 5.91 Å². The van der Waals surface area contributed by atoms with Crippen LogP contribution >= 0.6 is 11.6 Å². The summed E-state index contributed by atoms with van der Waals surface area (Å²) >= 11 is 6.08. The average Bonchev–Trinajstić information content (AvgIpc) is 2.62. The van der Waals surface area contributed by atoms with E-state index in [1.165, 1.54) is 0 Å². The molecule has 0 aliphatic rings. The first-order valence-corrected chi connectivity index (χ1v) is 8.25. The van der Waals surface area contributed by atoms with Crippen molar-refractivity contribution in [3.8, 4) is 11.5 Å². The van der Waals surface area contributed by atoms with Crippen LogP contribution in [-0.2, 0) is 4.79 Å². The Kier molecular flexibility index (Phi) is 5.10. The van der Waals surface area contributed by atoms with Gasteiger partial charge in [0.15, 0.2) is 6.10 Å². The number of halogens is 1. The Morgan fingerprint density at radius 2 is 1.80 bits per heavy atom. The standard InChI is InChI=1S/C20H18ClNO3/c1-13(20(23)22-15-10-11-19(24-2)17(21)12-15)25-18-9-5-7-14-6-3-4-8-16(14)18/h3-13H,1-2H3,(H,22,23). The summed E-state index contributed by atoms with van der Waals surface area (Å²) in [6.07, 6.45) is -0.660. The predicted octanol–water partition coefficient (Wildman–Crippen LogP) is 4.91. The second-order valence-electron chi connectivity index (χ2n) is 5.58. The number of rotatable bonds is 5. The fraction of sp³-hybridized carbons (Fsp3) is 0.150. The molecular weight excluding hydrogens is 338 g/mol. The maximum absolute atomic E-state index is 12.4. The highest BCUT2D eigenvalue weighted by atomic mass is 35.5. The molecule has 1 atom stereocenters. The Morgan fingerprint density at radius 1 is 1.04 bits per heavy atom. The van der Waals surface area contributed by atoms with E-state index in [0.29, 0.717) is 22.2 Å². The van der Waals surface area contributed by atoms with Gasteiger partial charge in [-0.05, 0) is 36.6 Å². The van der Waals surface area contributed by atoms with Crippen molar-refractivity contribution in [1.29, 1.82) is 0 Å². The van der Waals surface area contributed by atoms with Crippen molar-refractivity contribution >= 4 is 34.0 Å². The molecule has 25 heavy (non-hydrogen) atoms. The molecule has 0 spiro atoms. The van der Waals surface area contributed by atoms with E-state index >= 15 is 0 Å². The first-order chi connectivity index (χ1) is 12.1. The topological polar surface area (TPSA) is 47.6 Å². The van der Waals surface area contributed by atoms with Gasteiger partial charge in [-0.15, -0.1) is 0 Å². The summed E-state index contributed by atoms with van der Waals surface area (Å²) in [6.45, 7) is 1.71. The lowest BCUT2D eigenvalue weighted by molar-refractivity contribution is -0.122. The first kappa shape index (κ1) is 17.1. The van der Waals surface area contributed by atoms with Gasteiger partial charge in [-0.2, -0.15) is 0 Å². The minimum absolute atomic E-state index is 0.255. The molecule has 5 heteroatoms. The first-order valence-electron chi connectivity index (χ1n) is 7.87. The van der Waals surface area contributed by atoms with Crippen LogP contribution in [0.2, 0.25) is 5.02 Å². The molecule has 1 unspecified atom stereocenters. The van der Waals surface area contributed by atoms with Gasteiger partial charge < -0.3 is 14.8 Å². The summed E-state index contributed by atoms with van der Waals surface area (Å²) in [4.78, 5) is 12.4. The Balaban J connectivity index is 1.73. The third-order valence-corrected chi connectivity index (χ3v) is 4.14. The van der Waals surface area contributed by atoms with Crippen LogP contribution < -0.4 is 14.8 Å². The lowest BCUT2D eigenvalue weighted by Gasteiger charge is -2.16. The highest BCUT2D eigenvalue weighted by Crippen LogP contribution is 2.28. The molecule has 4 nitrogen and oxygen atoms in total. The Hall–Kier alpha value is -2.72. The van der Waals surface area contributed by atoms with Gasteiger partial charge in [-0.25, -0.2) is 0 Å². The number of ether oxygens (including phenoxy) is 2. The van der Waals surface area contributed by atoms with Crippen molar-refractivity contribution in [2.24, 2.45) is 0 Å². The minimum atomic E-state index is -0.660. The van der Waals surface area contributed by atoms with Gasteiger partial charge in [0.05, 0.1) is 12.1 Å². The lowest BCUT2D eigenvalue weighted by atomic mass is 10.1. The summed E-state index contributed by atoms with van der Waals surface area (Å²) in [5.41, 5.74) is 0.587. The molecule has 3 aromatic carbocycles. The summed E-state index contributed by atoms with van der Waals surface area (Å²) < 4.78 is 11.0. The van der Waals surface area contributed by atoms with Crippen LogP contribution in [0.15, 0.2) is 60.7 Å². The number of fused-ring (bicyclic) bond motifs is 1. The largest absolute Gasteiger partial charge is 0.495 e. The van der Waals surface area contributed by atoms with Crippen LogP contribution in [0.4, 0.5) is 5.69 Å². The van der Waals surface area contributed by atoms with Crippen LogP contribution in [0.3, 0.4) is 0 Å². The second-order valence-corrected chi connectivity index (χ2v) is 5.98. The second kappa shape index (κ2) is 7.45. The van der Waals surface area contributed by atoms with E-state index in [2.05, 4.69) is 5.32 Å². The van der Waals surface area contributed by atoms with Gasteiger partial charge in [0.25, 0.3) is 5.91 Å². The van der Waals surface area contributed by atoms with E-state index in [9.17, 15) is 4.79 Å². The maximum atomic E-state index is 12.4. The normalized spacial score (nSPS) is 11.8. The smallest absolute Gasteiger partial charge is 0.265 e. The van der Waals surface area contributed by atoms with Gasteiger partial charge in [-0.3, -0.25) is 4.79 Å². The summed E-state index contributed by atoms with van der Waals surface area (Å²) in [7, 11) is 1.54. The molecule has 0 radical (unpaired) electrons. The highest BCUT2D eigenvalue weighted by molar-refractivity contribution is 6.32. The molecule has 0 aliphatic carbocycles. The molecule has 0 aliphatic heterocycles. The SMILES string of the molecule is COc1ccc(NC(=O)C(C)Oc2cccc3ccccc23)cc1Cl. The zero-order chi connectivity index (χ0) is 17.8. The van der Waals surface area contributed by atoms with Crippen molar-refractivity contribution in [3.63, 3.8) is 0 Å². The molecule has 1 amide bonds. The monoisotopic (exact) mass is 355 g/mol. The maximum Gasteiger partial charge on any atom is 0.265 e. The van der Waals surface area contributed by atoms with Crippen molar-refractivity contribution in [2.75, 3.05) is 12.4 Å². The molecule has 0 aromatic heterocycles. The molecule has 3 rings (SSSR count). The molecular formula is C20H18ClNO3.